The van der Waals surface area contributed by atoms with Crippen LogP contribution in [0.1, 0.15) is 53.1 Å². The third-order valence-electron chi connectivity index (χ3n) is 5.35. The second-order valence-electron chi connectivity index (χ2n) is 7.64. The maximum Gasteiger partial charge on any atom is 0.282 e. The standard InChI is InChI=1S/C12H13ClN2O.C10H11ClN2O/c13-8-3-4-9(10(5-8)7-1-2-7)11-6-16-12(14)15-11;1-6-2-3-7(4-8(6)11)9-5-14-10(12)13-9/h3-5,7,11H,1-2,6H2,(H2,14,15);2-4,9H,5H2,1H3,(H2,12,13). The van der Waals surface area contributed by atoms with Crippen molar-refractivity contribution in [3.8, 4) is 0 Å². The molecule has 0 spiro atoms. The number of aryl methyl sites for hydroxylation is 1. The summed E-state index contributed by atoms with van der Waals surface area (Å²) in [5.41, 5.74) is 15.6. The Kier molecular flexibility index (Phi) is 6.06. The molecule has 2 aromatic rings. The van der Waals surface area contributed by atoms with E-state index in [1.807, 2.05) is 37.3 Å². The predicted molar refractivity (Wildman–Crippen MR) is 120 cm³/mol. The van der Waals surface area contributed by atoms with E-state index in [0.29, 0.717) is 25.2 Å². The quantitative estimate of drug-likeness (QED) is 0.717. The van der Waals surface area contributed by atoms with E-state index >= 15 is 0 Å². The maximum absolute atomic E-state index is 6.03. The molecule has 6 nitrogen and oxygen atoms in total. The van der Waals surface area contributed by atoms with Crippen molar-refractivity contribution < 1.29 is 9.47 Å². The summed E-state index contributed by atoms with van der Waals surface area (Å²) >= 11 is 12.0. The van der Waals surface area contributed by atoms with Crippen molar-refractivity contribution >= 4 is 35.2 Å². The Balaban J connectivity index is 0.000000147. The first kappa shape index (κ1) is 20.8. The van der Waals surface area contributed by atoms with Crippen molar-refractivity contribution in [2.75, 3.05) is 13.2 Å². The zero-order valence-electron chi connectivity index (χ0n) is 16.6. The van der Waals surface area contributed by atoms with Gasteiger partial charge in [-0.3, -0.25) is 0 Å². The third-order valence-corrected chi connectivity index (χ3v) is 5.99. The number of rotatable bonds is 3. The van der Waals surface area contributed by atoms with Crippen molar-refractivity contribution in [3.05, 3.63) is 68.7 Å². The minimum Gasteiger partial charge on any atom is -0.463 e. The number of nitrogens with zero attached hydrogens (tertiary/aromatic N) is 2. The predicted octanol–water partition coefficient (Wildman–Crippen LogP) is 4.64. The van der Waals surface area contributed by atoms with Gasteiger partial charge in [0, 0.05) is 10.0 Å². The fourth-order valence-electron chi connectivity index (χ4n) is 3.53. The van der Waals surface area contributed by atoms with Crippen LogP contribution in [0, 0.1) is 6.92 Å². The van der Waals surface area contributed by atoms with E-state index in [9.17, 15) is 0 Å². The third kappa shape index (κ3) is 4.82. The van der Waals surface area contributed by atoms with Crippen LogP contribution in [-0.2, 0) is 9.47 Å². The van der Waals surface area contributed by atoms with E-state index in [0.717, 1.165) is 21.2 Å². The van der Waals surface area contributed by atoms with Gasteiger partial charge in [-0.2, -0.15) is 0 Å². The van der Waals surface area contributed by atoms with Gasteiger partial charge in [0.05, 0.1) is 0 Å². The van der Waals surface area contributed by atoms with Crippen LogP contribution in [-0.4, -0.2) is 25.3 Å². The maximum atomic E-state index is 6.03. The molecule has 2 unspecified atom stereocenters. The van der Waals surface area contributed by atoms with Crippen molar-refractivity contribution in [1.82, 2.24) is 0 Å². The van der Waals surface area contributed by atoms with Crippen molar-refractivity contribution in [2.45, 2.75) is 37.8 Å². The zero-order chi connectivity index (χ0) is 21.3. The molecule has 158 valence electrons. The van der Waals surface area contributed by atoms with Crippen LogP contribution >= 0.6 is 23.2 Å². The van der Waals surface area contributed by atoms with E-state index in [-0.39, 0.29) is 18.1 Å². The molecule has 30 heavy (non-hydrogen) atoms. The van der Waals surface area contributed by atoms with Crippen molar-refractivity contribution in [3.63, 3.8) is 0 Å². The molecule has 5 rings (SSSR count). The van der Waals surface area contributed by atoms with Gasteiger partial charge in [-0.05, 0) is 66.1 Å². The summed E-state index contributed by atoms with van der Waals surface area (Å²) in [6, 6.07) is 12.5. The lowest BCUT2D eigenvalue weighted by molar-refractivity contribution is 0.314. The van der Waals surface area contributed by atoms with Gasteiger partial charge in [0.15, 0.2) is 0 Å². The largest absolute Gasteiger partial charge is 0.463 e. The molecule has 0 bridgehead atoms. The number of nitrogens with two attached hydrogens (primary N) is 2. The SMILES string of the molecule is Cc1ccc(C2COC(N)=N2)cc1Cl.NC1=NC(c2ccc(Cl)cc2C2CC2)CO1. The van der Waals surface area contributed by atoms with Gasteiger partial charge < -0.3 is 20.9 Å². The Morgan fingerprint density at radius 1 is 0.867 bits per heavy atom. The lowest BCUT2D eigenvalue weighted by Gasteiger charge is -2.12. The van der Waals surface area contributed by atoms with Gasteiger partial charge in [0.25, 0.3) is 12.0 Å². The number of benzene rings is 2. The topological polar surface area (TPSA) is 95.2 Å². The van der Waals surface area contributed by atoms with Gasteiger partial charge in [-0.25, -0.2) is 9.98 Å². The Hall–Kier alpha value is -2.44. The second kappa shape index (κ2) is 8.74. The van der Waals surface area contributed by atoms with Crippen molar-refractivity contribution in [1.29, 1.82) is 0 Å². The summed E-state index contributed by atoms with van der Waals surface area (Å²) in [4.78, 5) is 8.43. The van der Waals surface area contributed by atoms with Gasteiger partial charge in [-0.15, -0.1) is 0 Å². The second-order valence-corrected chi connectivity index (χ2v) is 8.49. The van der Waals surface area contributed by atoms with Crippen LogP contribution in [0.2, 0.25) is 10.0 Å². The number of halogens is 2. The van der Waals surface area contributed by atoms with Gasteiger partial charge >= 0.3 is 0 Å². The Morgan fingerprint density at radius 3 is 2.10 bits per heavy atom. The van der Waals surface area contributed by atoms with Crippen LogP contribution in [0.15, 0.2) is 46.4 Å². The number of aliphatic imine (C=N–C) groups is 2. The molecule has 1 saturated carbocycles. The van der Waals surface area contributed by atoms with Gasteiger partial charge in [-0.1, -0.05) is 41.4 Å². The van der Waals surface area contributed by atoms with E-state index < -0.39 is 0 Å². The monoisotopic (exact) mass is 446 g/mol. The lowest BCUT2D eigenvalue weighted by Crippen LogP contribution is -2.10. The molecule has 0 aromatic heterocycles. The Labute approximate surface area is 185 Å². The highest BCUT2D eigenvalue weighted by molar-refractivity contribution is 6.31. The molecular weight excluding hydrogens is 423 g/mol. The highest BCUT2D eigenvalue weighted by atomic mass is 35.5. The van der Waals surface area contributed by atoms with Gasteiger partial charge in [0.1, 0.15) is 25.3 Å². The van der Waals surface area contributed by atoms with Gasteiger partial charge in [0.2, 0.25) is 0 Å². The number of ether oxygens (including phenoxy) is 2. The molecular formula is C22H24Cl2N4O2. The van der Waals surface area contributed by atoms with Crippen molar-refractivity contribution in [2.24, 2.45) is 21.5 Å². The first-order valence-corrected chi connectivity index (χ1v) is 10.6. The number of amidine groups is 2. The number of hydrogen-bond donors (Lipinski definition) is 2. The molecule has 2 heterocycles. The average Bonchev–Trinajstić information content (AvgIpc) is 3.34. The van der Waals surface area contributed by atoms with E-state index in [1.165, 1.54) is 24.0 Å². The highest BCUT2D eigenvalue weighted by Crippen LogP contribution is 2.44. The van der Waals surface area contributed by atoms with E-state index in [4.69, 9.17) is 44.1 Å². The first-order valence-electron chi connectivity index (χ1n) is 9.88. The summed E-state index contributed by atoms with van der Waals surface area (Å²) in [6.07, 6.45) is 2.50. The number of hydrogen-bond acceptors (Lipinski definition) is 6. The molecule has 1 fully saturated rings. The van der Waals surface area contributed by atoms with Crippen LogP contribution in [0.3, 0.4) is 0 Å². The summed E-state index contributed by atoms with van der Waals surface area (Å²) < 4.78 is 10.3. The minimum absolute atomic E-state index is 0.00639. The lowest BCUT2D eigenvalue weighted by atomic mass is 9.98. The first-order chi connectivity index (χ1) is 14.4. The summed E-state index contributed by atoms with van der Waals surface area (Å²) in [5, 5.41) is 1.55. The van der Waals surface area contributed by atoms with Crippen LogP contribution in [0.5, 0.6) is 0 Å². The molecule has 2 aliphatic heterocycles. The molecule has 8 heteroatoms. The van der Waals surface area contributed by atoms with E-state index in [1.54, 1.807) is 0 Å². The zero-order valence-corrected chi connectivity index (χ0v) is 18.2. The fraction of sp³-hybridized carbons (Fsp3) is 0.364. The molecule has 1 aliphatic carbocycles. The molecule has 4 N–H and O–H groups in total. The van der Waals surface area contributed by atoms with Crippen LogP contribution in [0.25, 0.3) is 0 Å². The molecule has 0 radical (unpaired) electrons. The minimum atomic E-state index is -0.00639. The normalized spacial score (nSPS) is 22.4. The fourth-order valence-corrected chi connectivity index (χ4v) is 3.90. The molecule has 0 saturated heterocycles. The summed E-state index contributed by atoms with van der Waals surface area (Å²) in [7, 11) is 0. The average molecular weight is 447 g/mol. The van der Waals surface area contributed by atoms with E-state index in [2.05, 4.69) is 16.1 Å². The molecule has 2 atom stereocenters. The van der Waals surface area contributed by atoms with Crippen LogP contribution < -0.4 is 11.5 Å². The Morgan fingerprint density at radius 2 is 1.53 bits per heavy atom. The molecule has 3 aliphatic rings. The van der Waals surface area contributed by atoms with Crippen LogP contribution in [0.4, 0.5) is 0 Å². The summed E-state index contributed by atoms with van der Waals surface area (Å²) in [5.74, 6) is 0.658. The highest BCUT2D eigenvalue weighted by Gasteiger charge is 2.30. The smallest absolute Gasteiger partial charge is 0.282 e. The summed E-state index contributed by atoms with van der Waals surface area (Å²) in [6.45, 7) is 3.02. The molecule has 2 aromatic carbocycles. The Bertz CT molecular complexity index is 1000. The molecule has 0 amide bonds.